The van der Waals surface area contributed by atoms with E-state index >= 15 is 0 Å². The molecular weight excluding hydrogens is 202 g/mol. The van der Waals surface area contributed by atoms with Crippen LogP contribution in [0.2, 0.25) is 0 Å². The number of carbonyl (C=O) groups is 1. The standard InChI is InChI=1S/C13H17NO2/c1-2-10-7-14(8-10)9-11-4-3-5-12(6-11)13(15)16/h3-6,10H,2,7-9H2,1H3,(H,15,16). The molecule has 16 heavy (non-hydrogen) atoms. The van der Waals surface area contributed by atoms with Gasteiger partial charge in [-0.1, -0.05) is 25.5 Å². The minimum atomic E-state index is -0.850. The van der Waals surface area contributed by atoms with Crippen molar-refractivity contribution in [3.05, 3.63) is 35.4 Å². The minimum absolute atomic E-state index is 0.380. The smallest absolute Gasteiger partial charge is 0.335 e. The Morgan fingerprint density at radius 3 is 2.88 bits per heavy atom. The number of hydrogen-bond acceptors (Lipinski definition) is 2. The first-order valence-electron chi connectivity index (χ1n) is 5.73. The van der Waals surface area contributed by atoms with Crippen molar-refractivity contribution in [3.8, 4) is 0 Å². The van der Waals surface area contributed by atoms with Crippen molar-refractivity contribution >= 4 is 5.97 Å². The van der Waals surface area contributed by atoms with Crippen LogP contribution in [0.15, 0.2) is 24.3 Å². The van der Waals surface area contributed by atoms with Gasteiger partial charge in [0.25, 0.3) is 0 Å². The Balaban J connectivity index is 1.95. The van der Waals surface area contributed by atoms with Crippen molar-refractivity contribution in [1.29, 1.82) is 0 Å². The molecule has 1 heterocycles. The molecule has 0 aromatic heterocycles. The molecular formula is C13H17NO2. The summed E-state index contributed by atoms with van der Waals surface area (Å²) >= 11 is 0. The van der Waals surface area contributed by atoms with E-state index in [4.69, 9.17) is 5.11 Å². The van der Waals surface area contributed by atoms with Gasteiger partial charge in [-0.3, -0.25) is 4.90 Å². The molecule has 0 aliphatic carbocycles. The average molecular weight is 219 g/mol. The first kappa shape index (κ1) is 11.1. The van der Waals surface area contributed by atoms with Gasteiger partial charge < -0.3 is 5.11 Å². The predicted octanol–water partition coefficient (Wildman–Crippen LogP) is 2.23. The Hall–Kier alpha value is -1.35. The lowest BCUT2D eigenvalue weighted by Crippen LogP contribution is -2.45. The van der Waals surface area contributed by atoms with Gasteiger partial charge in [-0.05, 0) is 23.6 Å². The number of hydrogen-bond donors (Lipinski definition) is 1. The first-order valence-corrected chi connectivity index (χ1v) is 5.73. The van der Waals surface area contributed by atoms with Crippen molar-refractivity contribution in [3.63, 3.8) is 0 Å². The number of aromatic carboxylic acids is 1. The summed E-state index contributed by atoms with van der Waals surface area (Å²) in [4.78, 5) is 13.2. The highest BCUT2D eigenvalue weighted by Gasteiger charge is 2.24. The summed E-state index contributed by atoms with van der Waals surface area (Å²) in [5, 5.41) is 8.88. The molecule has 1 saturated heterocycles. The molecule has 0 bridgehead atoms. The molecule has 1 fully saturated rings. The Labute approximate surface area is 95.7 Å². The Morgan fingerprint density at radius 1 is 1.50 bits per heavy atom. The predicted molar refractivity (Wildman–Crippen MR) is 62.5 cm³/mol. The van der Waals surface area contributed by atoms with Gasteiger partial charge in [0.2, 0.25) is 0 Å². The molecule has 1 aliphatic heterocycles. The maximum absolute atomic E-state index is 10.8. The summed E-state index contributed by atoms with van der Waals surface area (Å²) in [7, 11) is 0. The lowest BCUT2D eigenvalue weighted by Gasteiger charge is -2.38. The van der Waals surface area contributed by atoms with Gasteiger partial charge >= 0.3 is 5.97 Å². The highest BCUT2D eigenvalue weighted by Crippen LogP contribution is 2.21. The van der Waals surface area contributed by atoms with Crippen LogP contribution in [0.4, 0.5) is 0 Å². The molecule has 2 rings (SSSR count). The average Bonchev–Trinajstić information content (AvgIpc) is 2.23. The van der Waals surface area contributed by atoms with E-state index in [1.165, 1.54) is 6.42 Å². The summed E-state index contributed by atoms with van der Waals surface area (Å²) in [5.74, 6) is -0.0143. The van der Waals surface area contributed by atoms with E-state index < -0.39 is 5.97 Å². The highest BCUT2D eigenvalue weighted by atomic mass is 16.4. The number of benzene rings is 1. The molecule has 1 aliphatic rings. The molecule has 86 valence electrons. The molecule has 3 nitrogen and oxygen atoms in total. The molecule has 0 spiro atoms. The van der Waals surface area contributed by atoms with Crippen LogP contribution in [0, 0.1) is 5.92 Å². The van der Waals surface area contributed by atoms with E-state index in [0.717, 1.165) is 31.1 Å². The summed E-state index contributed by atoms with van der Waals surface area (Å²) in [5.41, 5.74) is 1.47. The molecule has 1 N–H and O–H groups in total. The van der Waals surface area contributed by atoms with E-state index in [9.17, 15) is 4.79 Å². The van der Waals surface area contributed by atoms with Crippen LogP contribution < -0.4 is 0 Å². The van der Waals surface area contributed by atoms with E-state index in [-0.39, 0.29) is 0 Å². The van der Waals surface area contributed by atoms with Crippen LogP contribution in [-0.2, 0) is 6.54 Å². The zero-order valence-corrected chi connectivity index (χ0v) is 9.52. The Morgan fingerprint density at radius 2 is 2.25 bits per heavy atom. The lowest BCUT2D eigenvalue weighted by molar-refractivity contribution is 0.0695. The maximum Gasteiger partial charge on any atom is 0.335 e. The molecule has 1 aromatic rings. The third-order valence-electron chi connectivity index (χ3n) is 3.19. The minimum Gasteiger partial charge on any atom is -0.478 e. The molecule has 0 unspecified atom stereocenters. The molecule has 0 amide bonds. The first-order chi connectivity index (χ1) is 7.69. The van der Waals surface area contributed by atoms with Gasteiger partial charge in [-0.2, -0.15) is 0 Å². The molecule has 1 aromatic carbocycles. The topological polar surface area (TPSA) is 40.5 Å². The van der Waals surface area contributed by atoms with Crippen LogP contribution in [0.5, 0.6) is 0 Å². The van der Waals surface area contributed by atoms with Gasteiger partial charge in [-0.15, -0.1) is 0 Å². The normalized spacial score (nSPS) is 17.1. The number of likely N-dealkylation sites (tertiary alicyclic amines) is 1. The van der Waals surface area contributed by atoms with Crippen LogP contribution in [0.3, 0.4) is 0 Å². The van der Waals surface area contributed by atoms with Crippen molar-refractivity contribution in [1.82, 2.24) is 4.90 Å². The molecule has 0 radical (unpaired) electrons. The van der Waals surface area contributed by atoms with Crippen molar-refractivity contribution in [2.45, 2.75) is 19.9 Å². The van der Waals surface area contributed by atoms with E-state index in [1.54, 1.807) is 12.1 Å². The van der Waals surface area contributed by atoms with Gasteiger partial charge in [0.15, 0.2) is 0 Å². The van der Waals surface area contributed by atoms with Gasteiger partial charge in [0.05, 0.1) is 5.56 Å². The second-order valence-corrected chi connectivity index (χ2v) is 4.47. The number of carboxylic acids is 1. The van der Waals surface area contributed by atoms with E-state index in [2.05, 4.69) is 11.8 Å². The number of carboxylic acid groups (broad SMARTS) is 1. The Kier molecular flexibility index (Phi) is 3.25. The van der Waals surface area contributed by atoms with Crippen LogP contribution >= 0.6 is 0 Å². The second-order valence-electron chi connectivity index (χ2n) is 4.47. The molecule has 3 heteroatoms. The summed E-state index contributed by atoms with van der Waals surface area (Å²) in [6, 6.07) is 7.21. The highest BCUT2D eigenvalue weighted by molar-refractivity contribution is 5.87. The van der Waals surface area contributed by atoms with Crippen molar-refractivity contribution in [2.24, 2.45) is 5.92 Å². The van der Waals surface area contributed by atoms with Crippen LogP contribution in [0.25, 0.3) is 0 Å². The monoisotopic (exact) mass is 219 g/mol. The molecule has 0 atom stereocenters. The quantitative estimate of drug-likeness (QED) is 0.844. The van der Waals surface area contributed by atoms with Gasteiger partial charge in [-0.25, -0.2) is 4.79 Å². The van der Waals surface area contributed by atoms with E-state index in [1.807, 2.05) is 12.1 Å². The largest absolute Gasteiger partial charge is 0.478 e. The zero-order chi connectivity index (χ0) is 11.5. The van der Waals surface area contributed by atoms with Crippen LogP contribution in [0.1, 0.15) is 29.3 Å². The SMILES string of the molecule is CCC1CN(Cc2cccc(C(=O)O)c2)C1. The lowest BCUT2D eigenvalue weighted by atomic mass is 9.96. The summed E-state index contributed by atoms with van der Waals surface area (Å²) in [6.07, 6.45) is 1.24. The fourth-order valence-electron chi connectivity index (χ4n) is 2.13. The zero-order valence-electron chi connectivity index (χ0n) is 9.52. The Bertz CT molecular complexity index is 383. The van der Waals surface area contributed by atoms with Crippen molar-refractivity contribution in [2.75, 3.05) is 13.1 Å². The third kappa shape index (κ3) is 2.42. The fourth-order valence-corrected chi connectivity index (χ4v) is 2.13. The third-order valence-corrected chi connectivity index (χ3v) is 3.19. The van der Waals surface area contributed by atoms with Crippen LogP contribution in [-0.4, -0.2) is 29.1 Å². The van der Waals surface area contributed by atoms with Gasteiger partial charge in [0.1, 0.15) is 0 Å². The maximum atomic E-state index is 10.8. The fraction of sp³-hybridized carbons (Fsp3) is 0.462. The number of rotatable bonds is 4. The number of nitrogens with zero attached hydrogens (tertiary/aromatic N) is 1. The summed E-state index contributed by atoms with van der Waals surface area (Å²) in [6.45, 7) is 5.38. The molecule has 0 saturated carbocycles. The second kappa shape index (κ2) is 4.66. The van der Waals surface area contributed by atoms with Crippen molar-refractivity contribution < 1.29 is 9.90 Å². The van der Waals surface area contributed by atoms with Gasteiger partial charge in [0, 0.05) is 19.6 Å². The summed E-state index contributed by atoms with van der Waals surface area (Å²) < 4.78 is 0. The van der Waals surface area contributed by atoms with E-state index in [0.29, 0.717) is 5.56 Å².